The van der Waals surface area contributed by atoms with Crippen LogP contribution < -0.4 is 0 Å². The lowest BCUT2D eigenvalue weighted by molar-refractivity contribution is -0.0704. The smallest absolute Gasteiger partial charge is 0.338 e. The number of hydrogen-bond donors (Lipinski definition) is 0. The van der Waals surface area contributed by atoms with E-state index in [0.717, 1.165) is 0 Å². The van der Waals surface area contributed by atoms with E-state index in [-0.39, 0.29) is 19.1 Å². The number of hydrogen-bond acceptors (Lipinski definition) is 7. The van der Waals surface area contributed by atoms with Gasteiger partial charge in [0.2, 0.25) is 0 Å². The van der Waals surface area contributed by atoms with Crippen LogP contribution in [0.2, 0.25) is 0 Å². The van der Waals surface area contributed by atoms with Gasteiger partial charge in [-0.25, -0.2) is 9.59 Å². The van der Waals surface area contributed by atoms with E-state index in [1.54, 1.807) is 60.7 Å². The molecule has 0 N–H and O–H groups in total. The summed E-state index contributed by atoms with van der Waals surface area (Å²) in [6.07, 6.45) is -0.357. The standard InChI is InChI=1S/C21H21ClO7S/c22-14-30(25,26)29-19-11-17(12-27-20(23)15-7-3-1-4-8-15)18(19)13-28-21(24)16-9-5-2-6-10-16/h1-10,17-19H,11-14H2/t17-,18-,19+/m1/s1. The summed E-state index contributed by atoms with van der Waals surface area (Å²) in [6.45, 7) is -0.00812. The van der Waals surface area contributed by atoms with E-state index in [9.17, 15) is 18.0 Å². The predicted octanol–water partition coefficient (Wildman–Crippen LogP) is 3.25. The van der Waals surface area contributed by atoms with Crippen LogP contribution in [0.1, 0.15) is 27.1 Å². The fourth-order valence-electron chi connectivity index (χ4n) is 3.19. The first-order valence-corrected chi connectivity index (χ1v) is 11.4. The van der Waals surface area contributed by atoms with Crippen LogP contribution in [0.25, 0.3) is 0 Å². The van der Waals surface area contributed by atoms with Gasteiger partial charge in [0, 0.05) is 11.8 Å². The third-order valence-electron chi connectivity index (χ3n) is 4.88. The van der Waals surface area contributed by atoms with E-state index in [1.165, 1.54) is 0 Å². The Morgan fingerprint density at radius 3 is 1.87 bits per heavy atom. The van der Waals surface area contributed by atoms with Crippen LogP contribution in [0, 0.1) is 11.8 Å². The van der Waals surface area contributed by atoms with Gasteiger partial charge < -0.3 is 9.47 Å². The third-order valence-corrected chi connectivity index (χ3v) is 6.49. The number of alkyl halides is 1. The molecule has 0 aromatic heterocycles. The number of halogens is 1. The largest absolute Gasteiger partial charge is 0.462 e. The summed E-state index contributed by atoms with van der Waals surface area (Å²) >= 11 is 5.41. The van der Waals surface area contributed by atoms with Crippen molar-refractivity contribution >= 4 is 33.7 Å². The molecule has 1 aliphatic rings. The molecule has 0 radical (unpaired) electrons. The lowest BCUT2D eigenvalue weighted by atomic mass is 9.72. The summed E-state index contributed by atoms with van der Waals surface area (Å²) in [6, 6.07) is 17.0. The highest BCUT2D eigenvalue weighted by atomic mass is 35.5. The first kappa shape index (κ1) is 22.3. The first-order chi connectivity index (χ1) is 14.4. The molecule has 0 unspecified atom stereocenters. The second-order valence-electron chi connectivity index (χ2n) is 6.89. The molecule has 1 aliphatic carbocycles. The molecule has 0 saturated heterocycles. The number of rotatable bonds is 9. The lowest BCUT2D eigenvalue weighted by Crippen LogP contribution is -2.49. The van der Waals surface area contributed by atoms with Gasteiger partial charge in [-0.2, -0.15) is 8.42 Å². The van der Waals surface area contributed by atoms with Crippen LogP contribution in [0.4, 0.5) is 0 Å². The quantitative estimate of drug-likeness (QED) is 0.327. The van der Waals surface area contributed by atoms with Crippen molar-refractivity contribution in [1.29, 1.82) is 0 Å². The molecule has 0 amide bonds. The lowest BCUT2D eigenvalue weighted by Gasteiger charge is -2.42. The minimum absolute atomic E-state index is 0.0576. The van der Waals surface area contributed by atoms with E-state index in [4.69, 9.17) is 25.3 Å². The summed E-state index contributed by atoms with van der Waals surface area (Å²) in [5, 5.41) is -0.673. The Morgan fingerprint density at radius 2 is 1.37 bits per heavy atom. The summed E-state index contributed by atoms with van der Waals surface area (Å²) in [4.78, 5) is 24.4. The Hall–Kier alpha value is -2.42. The number of esters is 2. The van der Waals surface area contributed by atoms with Gasteiger partial charge in [-0.3, -0.25) is 4.18 Å². The van der Waals surface area contributed by atoms with Gasteiger partial charge in [-0.05, 0) is 30.7 Å². The molecule has 0 heterocycles. The molecule has 3 atom stereocenters. The van der Waals surface area contributed by atoms with Crippen LogP contribution in [0.5, 0.6) is 0 Å². The maximum absolute atomic E-state index is 12.2. The SMILES string of the molecule is O=C(OC[C@H]1C[C@H](OS(=O)(=O)CCl)[C@@H]1COC(=O)c1ccccc1)c1ccccc1. The molecule has 2 aromatic rings. The minimum Gasteiger partial charge on any atom is -0.462 e. The number of carbonyl (C=O) groups excluding carboxylic acids is 2. The number of carbonyl (C=O) groups is 2. The Kier molecular flexibility index (Phi) is 7.47. The second kappa shape index (κ2) is 10.1. The number of ether oxygens (including phenoxy) is 2. The van der Waals surface area contributed by atoms with Gasteiger partial charge in [0.05, 0.1) is 30.4 Å². The zero-order chi connectivity index (χ0) is 21.6. The summed E-state index contributed by atoms with van der Waals surface area (Å²) in [5.41, 5.74) is 0.802. The molecular weight excluding hydrogens is 432 g/mol. The highest BCUT2D eigenvalue weighted by Crippen LogP contribution is 2.39. The summed E-state index contributed by atoms with van der Waals surface area (Å²) in [5.74, 6) is -1.66. The van der Waals surface area contributed by atoms with E-state index in [2.05, 4.69) is 0 Å². The van der Waals surface area contributed by atoms with Gasteiger partial charge in [0.25, 0.3) is 10.1 Å². The van der Waals surface area contributed by atoms with Gasteiger partial charge in [0.15, 0.2) is 0 Å². The predicted molar refractivity (Wildman–Crippen MR) is 110 cm³/mol. The Balaban J connectivity index is 1.60. The molecule has 0 bridgehead atoms. The zero-order valence-corrected chi connectivity index (χ0v) is 17.6. The van der Waals surface area contributed by atoms with Crippen molar-refractivity contribution in [1.82, 2.24) is 0 Å². The fraction of sp³-hybridized carbons (Fsp3) is 0.333. The molecule has 30 heavy (non-hydrogen) atoms. The van der Waals surface area contributed by atoms with Gasteiger partial charge in [-0.15, -0.1) is 11.6 Å². The van der Waals surface area contributed by atoms with Gasteiger partial charge >= 0.3 is 11.9 Å². The van der Waals surface area contributed by atoms with Crippen LogP contribution >= 0.6 is 11.6 Å². The van der Waals surface area contributed by atoms with E-state index < -0.39 is 39.3 Å². The molecule has 2 aromatic carbocycles. The fourth-order valence-corrected chi connectivity index (χ4v) is 3.99. The normalized spacial score (nSPS) is 20.8. The molecule has 9 heteroatoms. The highest BCUT2D eigenvalue weighted by molar-refractivity contribution is 7.87. The average Bonchev–Trinajstić information content (AvgIpc) is 2.76. The van der Waals surface area contributed by atoms with Crippen molar-refractivity contribution in [2.24, 2.45) is 11.8 Å². The van der Waals surface area contributed by atoms with Crippen molar-refractivity contribution in [2.45, 2.75) is 12.5 Å². The Morgan fingerprint density at radius 1 is 0.867 bits per heavy atom. The maximum Gasteiger partial charge on any atom is 0.338 e. The average molecular weight is 453 g/mol. The maximum atomic E-state index is 12.2. The van der Waals surface area contributed by atoms with E-state index >= 15 is 0 Å². The van der Waals surface area contributed by atoms with Crippen molar-refractivity contribution in [2.75, 3.05) is 18.4 Å². The topological polar surface area (TPSA) is 96.0 Å². The Labute approximate surface area is 180 Å². The molecular formula is C21H21ClO7S. The molecule has 0 aliphatic heterocycles. The van der Waals surface area contributed by atoms with Gasteiger partial charge in [0.1, 0.15) is 5.21 Å². The number of benzene rings is 2. The highest BCUT2D eigenvalue weighted by Gasteiger charge is 2.45. The molecule has 3 rings (SSSR count). The van der Waals surface area contributed by atoms with E-state index in [1.807, 2.05) is 0 Å². The van der Waals surface area contributed by atoms with Crippen LogP contribution in [0.15, 0.2) is 60.7 Å². The van der Waals surface area contributed by atoms with Crippen molar-refractivity contribution in [3.8, 4) is 0 Å². The van der Waals surface area contributed by atoms with Crippen molar-refractivity contribution < 1.29 is 31.7 Å². The zero-order valence-electron chi connectivity index (χ0n) is 16.0. The van der Waals surface area contributed by atoms with Crippen LogP contribution in [-0.2, 0) is 23.8 Å². The second-order valence-corrected chi connectivity index (χ2v) is 9.07. The van der Waals surface area contributed by atoms with E-state index in [0.29, 0.717) is 17.5 Å². The molecule has 0 spiro atoms. The molecule has 160 valence electrons. The van der Waals surface area contributed by atoms with Crippen LogP contribution in [0.3, 0.4) is 0 Å². The van der Waals surface area contributed by atoms with Crippen molar-refractivity contribution in [3.63, 3.8) is 0 Å². The minimum atomic E-state index is -3.88. The molecule has 7 nitrogen and oxygen atoms in total. The van der Waals surface area contributed by atoms with Crippen LogP contribution in [-0.4, -0.2) is 44.9 Å². The monoisotopic (exact) mass is 452 g/mol. The third kappa shape index (κ3) is 5.81. The van der Waals surface area contributed by atoms with Crippen molar-refractivity contribution in [3.05, 3.63) is 71.8 Å². The molecule has 1 fully saturated rings. The van der Waals surface area contributed by atoms with Gasteiger partial charge in [-0.1, -0.05) is 36.4 Å². The molecule has 1 saturated carbocycles. The Bertz CT molecular complexity index is 963. The first-order valence-electron chi connectivity index (χ1n) is 9.31. The summed E-state index contributed by atoms with van der Waals surface area (Å²) in [7, 11) is -3.88. The summed E-state index contributed by atoms with van der Waals surface area (Å²) < 4.78 is 39.2.